The lowest BCUT2D eigenvalue weighted by Gasteiger charge is -2.04. The van der Waals surface area contributed by atoms with E-state index in [1.54, 1.807) is 23.0 Å². The molecule has 7 heteroatoms. The van der Waals surface area contributed by atoms with Crippen molar-refractivity contribution >= 4 is 29.2 Å². The van der Waals surface area contributed by atoms with E-state index < -0.39 is 0 Å². The molecule has 26 heavy (non-hydrogen) atoms. The van der Waals surface area contributed by atoms with Gasteiger partial charge in [0.25, 0.3) is 0 Å². The summed E-state index contributed by atoms with van der Waals surface area (Å²) < 4.78 is 1.72. The van der Waals surface area contributed by atoms with Gasteiger partial charge in [-0.25, -0.2) is 4.68 Å². The van der Waals surface area contributed by atoms with Crippen molar-refractivity contribution < 1.29 is 10.2 Å². The zero-order chi connectivity index (χ0) is 18.5. The molecular weight excluding hydrogens is 370 g/mol. The lowest BCUT2D eigenvalue weighted by molar-refractivity contribution is 0.403. The van der Waals surface area contributed by atoms with Crippen LogP contribution in [0.15, 0.2) is 70.6 Å². The Morgan fingerprint density at radius 1 is 1.12 bits per heavy atom. The summed E-state index contributed by atoms with van der Waals surface area (Å²) in [6, 6.07) is 12.0. The Morgan fingerprint density at radius 3 is 2.58 bits per heavy atom. The minimum atomic E-state index is -0.196. The van der Waals surface area contributed by atoms with Gasteiger partial charge in [0.2, 0.25) is 4.80 Å². The van der Waals surface area contributed by atoms with Crippen molar-refractivity contribution in [2.75, 3.05) is 6.54 Å². The van der Waals surface area contributed by atoms with Crippen molar-refractivity contribution in [3.63, 3.8) is 0 Å². The number of benzene rings is 2. The monoisotopic (exact) mass is 385 g/mol. The van der Waals surface area contributed by atoms with Gasteiger partial charge in [-0.05, 0) is 35.9 Å². The van der Waals surface area contributed by atoms with E-state index in [1.165, 1.54) is 23.5 Å². The fraction of sp³-hybridized carbons (Fsp3) is 0.0526. The largest absolute Gasteiger partial charge is 0.504 e. The molecule has 132 valence electrons. The maximum Gasteiger partial charge on any atom is 0.206 e. The maximum atomic E-state index is 9.63. The first kappa shape index (κ1) is 18.0. The molecule has 0 saturated heterocycles. The normalized spacial score (nSPS) is 12.0. The second-order valence-electron chi connectivity index (χ2n) is 5.34. The van der Waals surface area contributed by atoms with Crippen LogP contribution in [0.4, 0.5) is 0 Å². The number of phenolic OH excluding ortho intramolecular Hbond substituents is 2. The van der Waals surface area contributed by atoms with E-state index >= 15 is 0 Å². The van der Waals surface area contributed by atoms with E-state index in [0.717, 1.165) is 11.3 Å². The minimum absolute atomic E-state index is 0.172. The van der Waals surface area contributed by atoms with Gasteiger partial charge in [-0.3, -0.25) is 4.99 Å². The van der Waals surface area contributed by atoms with Gasteiger partial charge in [0.15, 0.2) is 11.5 Å². The van der Waals surface area contributed by atoms with Gasteiger partial charge in [-0.2, -0.15) is 5.10 Å². The average molecular weight is 386 g/mol. The molecule has 2 aromatic carbocycles. The molecule has 2 N–H and O–H groups in total. The van der Waals surface area contributed by atoms with Crippen molar-refractivity contribution in [1.29, 1.82) is 0 Å². The first-order valence-electron chi connectivity index (χ1n) is 7.72. The van der Waals surface area contributed by atoms with Crippen LogP contribution >= 0.6 is 22.9 Å². The Morgan fingerprint density at radius 2 is 1.88 bits per heavy atom. The topological polar surface area (TPSA) is 70.1 Å². The Kier molecular flexibility index (Phi) is 5.55. The van der Waals surface area contributed by atoms with E-state index in [0.29, 0.717) is 21.9 Å². The molecule has 0 fully saturated rings. The molecule has 5 nitrogen and oxygen atoms in total. The zero-order valence-corrected chi connectivity index (χ0v) is 15.3. The predicted octanol–water partition coefficient (Wildman–Crippen LogP) is 4.25. The maximum absolute atomic E-state index is 9.63. The lowest BCUT2D eigenvalue weighted by atomic mass is 10.2. The van der Waals surface area contributed by atoms with Crippen LogP contribution in [0.3, 0.4) is 0 Å². The summed E-state index contributed by atoms with van der Waals surface area (Å²) in [7, 11) is 0. The van der Waals surface area contributed by atoms with Gasteiger partial charge in [0, 0.05) is 16.0 Å². The molecule has 3 aromatic rings. The van der Waals surface area contributed by atoms with Crippen molar-refractivity contribution in [1.82, 2.24) is 4.68 Å². The first-order chi connectivity index (χ1) is 12.6. The third-order valence-electron chi connectivity index (χ3n) is 3.50. The highest BCUT2D eigenvalue weighted by molar-refractivity contribution is 7.07. The quantitative estimate of drug-likeness (QED) is 0.391. The van der Waals surface area contributed by atoms with Gasteiger partial charge in [0.1, 0.15) is 0 Å². The summed E-state index contributed by atoms with van der Waals surface area (Å²) in [5.41, 5.74) is 2.47. The summed E-state index contributed by atoms with van der Waals surface area (Å²) in [4.78, 5) is 5.18. The average Bonchev–Trinajstić information content (AvgIpc) is 3.04. The number of aromatic hydroxyl groups is 2. The van der Waals surface area contributed by atoms with Gasteiger partial charge >= 0.3 is 0 Å². The highest BCUT2D eigenvalue weighted by Crippen LogP contribution is 2.25. The minimum Gasteiger partial charge on any atom is -0.504 e. The third-order valence-corrected chi connectivity index (χ3v) is 4.61. The number of halogens is 1. The van der Waals surface area contributed by atoms with Crippen LogP contribution in [0.25, 0.3) is 11.3 Å². The smallest absolute Gasteiger partial charge is 0.206 e. The van der Waals surface area contributed by atoms with Crippen molar-refractivity contribution in [2.45, 2.75) is 0 Å². The van der Waals surface area contributed by atoms with Crippen molar-refractivity contribution in [2.24, 2.45) is 10.1 Å². The van der Waals surface area contributed by atoms with E-state index in [9.17, 15) is 10.2 Å². The first-order valence-corrected chi connectivity index (χ1v) is 8.98. The molecule has 0 unspecified atom stereocenters. The molecule has 0 saturated carbocycles. The molecule has 0 aliphatic rings. The second-order valence-corrected chi connectivity index (χ2v) is 6.62. The molecule has 0 bridgehead atoms. The number of aromatic nitrogens is 1. The Labute approximate surface area is 159 Å². The molecule has 0 amide bonds. The summed E-state index contributed by atoms with van der Waals surface area (Å²) in [6.45, 7) is 4.17. The number of hydrogen-bond acceptors (Lipinski definition) is 5. The molecule has 1 heterocycles. The number of thiazole rings is 1. The van der Waals surface area contributed by atoms with Crippen LogP contribution < -0.4 is 4.80 Å². The highest BCUT2D eigenvalue weighted by atomic mass is 35.5. The molecule has 0 aliphatic heterocycles. The number of rotatable bonds is 5. The Bertz CT molecular complexity index is 1020. The van der Waals surface area contributed by atoms with Crippen LogP contribution in [0.5, 0.6) is 11.5 Å². The fourth-order valence-corrected chi connectivity index (χ4v) is 3.20. The van der Waals surface area contributed by atoms with Gasteiger partial charge in [-0.1, -0.05) is 29.8 Å². The van der Waals surface area contributed by atoms with Gasteiger partial charge in [0.05, 0.1) is 18.5 Å². The number of nitrogens with zero attached hydrogens (tertiary/aromatic N) is 3. The van der Waals surface area contributed by atoms with Crippen molar-refractivity contribution in [3.8, 4) is 22.8 Å². The molecule has 0 aliphatic carbocycles. The summed E-state index contributed by atoms with van der Waals surface area (Å²) in [6.07, 6.45) is 3.31. The van der Waals surface area contributed by atoms with Gasteiger partial charge < -0.3 is 10.2 Å². The fourth-order valence-electron chi connectivity index (χ4n) is 2.23. The zero-order valence-electron chi connectivity index (χ0n) is 13.7. The van der Waals surface area contributed by atoms with E-state index in [4.69, 9.17) is 11.6 Å². The molecule has 0 spiro atoms. The Hall–Kier alpha value is -2.83. The van der Waals surface area contributed by atoms with E-state index in [1.807, 2.05) is 29.6 Å². The third kappa shape index (κ3) is 4.04. The molecule has 0 radical (unpaired) electrons. The summed E-state index contributed by atoms with van der Waals surface area (Å²) in [5.74, 6) is -0.368. The van der Waals surface area contributed by atoms with Crippen LogP contribution in [0.2, 0.25) is 5.02 Å². The lowest BCUT2D eigenvalue weighted by Crippen LogP contribution is -2.12. The van der Waals surface area contributed by atoms with E-state index in [-0.39, 0.29) is 11.5 Å². The van der Waals surface area contributed by atoms with Crippen LogP contribution in [-0.2, 0) is 0 Å². The number of hydrogen-bond donors (Lipinski definition) is 2. The molecule has 0 atom stereocenters. The van der Waals surface area contributed by atoms with Crippen LogP contribution in [0, 0.1) is 0 Å². The highest BCUT2D eigenvalue weighted by Gasteiger charge is 2.07. The van der Waals surface area contributed by atoms with Crippen LogP contribution in [-0.4, -0.2) is 27.6 Å². The summed E-state index contributed by atoms with van der Waals surface area (Å²) >= 11 is 7.44. The van der Waals surface area contributed by atoms with Crippen molar-refractivity contribution in [3.05, 3.63) is 75.9 Å². The summed E-state index contributed by atoms with van der Waals surface area (Å²) in [5, 5.41) is 26.2. The standard InChI is InChI=1S/C19H16ClN3O2S/c1-2-9-21-19-23(22-11-13-3-8-17(24)18(25)10-13)16(12-26-19)14-4-6-15(20)7-5-14/h2-8,10-12,24-25H,1,9H2. The predicted molar refractivity (Wildman–Crippen MR) is 106 cm³/mol. The SMILES string of the molecule is C=CCN=c1scc(-c2ccc(Cl)cc2)n1N=Cc1ccc(O)c(O)c1. The molecule has 1 aromatic heterocycles. The van der Waals surface area contributed by atoms with E-state index in [2.05, 4.69) is 16.7 Å². The number of phenols is 2. The molecule has 3 rings (SSSR count). The Balaban J connectivity index is 2.06. The van der Waals surface area contributed by atoms with Crippen LogP contribution in [0.1, 0.15) is 5.56 Å². The second kappa shape index (κ2) is 8.03. The van der Waals surface area contributed by atoms with Gasteiger partial charge in [-0.15, -0.1) is 17.9 Å². The molecular formula is C19H16ClN3O2S.